The number of piperidine rings is 1. The van der Waals surface area contributed by atoms with E-state index < -0.39 is 0 Å². The highest BCUT2D eigenvalue weighted by Gasteiger charge is 2.18. The van der Waals surface area contributed by atoms with E-state index in [1.165, 1.54) is 25.8 Å². The predicted molar refractivity (Wildman–Crippen MR) is 73.3 cm³/mol. The summed E-state index contributed by atoms with van der Waals surface area (Å²) in [6.45, 7) is 4.03. The van der Waals surface area contributed by atoms with Gasteiger partial charge in [0, 0.05) is 24.3 Å². The number of likely N-dealkylation sites (tertiary alicyclic amines) is 1. The summed E-state index contributed by atoms with van der Waals surface area (Å²) >= 11 is 0. The molecular weight excluding hydrogens is 228 g/mol. The SMILES string of the molecule is Cc1cc(NCC2CCCCN2C)nc(NN)n1. The lowest BCUT2D eigenvalue weighted by Crippen LogP contribution is -2.40. The van der Waals surface area contributed by atoms with Crippen molar-refractivity contribution in [2.75, 3.05) is 30.9 Å². The number of nitrogens with zero attached hydrogens (tertiary/aromatic N) is 3. The van der Waals surface area contributed by atoms with Crippen molar-refractivity contribution in [1.82, 2.24) is 14.9 Å². The molecule has 6 nitrogen and oxygen atoms in total. The first-order valence-corrected chi connectivity index (χ1v) is 6.45. The largest absolute Gasteiger partial charge is 0.368 e. The third-order valence-corrected chi connectivity index (χ3v) is 3.42. The molecule has 1 aromatic heterocycles. The van der Waals surface area contributed by atoms with Gasteiger partial charge in [0.2, 0.25) is 5.95 Å². The molecule has 0 aliphatic carbocycles. The van der Waals surface area contributed by atoms with Crippen LogP contribution in [0.1, 0.15) is 25.0 Å². The molecule has 1 saturated heterocycles. The maximum atomic E-state index is 5.34. The molecule has 0 bridgehead atoms. The minimum absolute atomic E-state index is 0.453. The predicted octanol–water partition coefficient (Wildman–Crippen LogP) is 0.967. The maximum Gasteiger partial charge on any atom is 0.239 e. The van der Waals surface area contributed by atoms with Crippen molar-refractivity contribution in [3.8, 4) is 0 Å². The highest BCUT2D eigenvalue weighted by atomic mass is 15.3. The molecule has 1 unspecified atom stereocenters. The summed E-state index contributed by atoms with van der Waals surface area (Å²) in [6, 6.07) is 2.52. The molecule has 0 radical (unpaired) electrons. The number of nitrogens with one attached hydrogen (secondary N) is 2. The fourth-order valence-electron chi connectivity index (χ4n) is 2.35. The first-order valence-electron chi connectivity index (χ1n) is 6.45. The Balaban J connectivity index is 1.94. The van der Waals surface area contributed by atoms with E-state index in [2.05, 4.69) is 32.7 Å². The summed E-state index contributed by atoms with van der Waals surface area (Å²) in [4.78, 5) is 10.9. The number of hydrazine groups is 1. The van der Waals surface area contributed by atoms with Crippen LogP contribution in [-0.4, -0.2) is 41.0 Å². The van der Waals surface area contributed by atoms with Crippen molar-refractivity contribution in [3.05, 3.63) is 11.8 Å². The molecule has 1 aromatic rings. The number of anilines is 2. The van der Waals surface area contributed by atoms with Crippen LogP contribution in [0.15, 0.2) is 6.07 Å². The van der Waals surface area contributed by atoms with Gasteiger partial charge in [-0.25, -0.2) is 10.8 Å². The molecule has 0 saturated carbocycles. The van der Waals surface area contributed by atoms with Gasteiger partial charge in [-0.2, -0.15) is 4.98 Å². The summed E-state index contributed by atoms with van der Waals surface area (Å²) in [5.74, 6) is 6.62. The fourth-order valence-corrected chi connectivity index (χ4v) is 2.35. The standard InChI is InChI=1S/C12H22N6/c1-9-7-11(16-12(15-9)17-13)14-8-10-5-3-4-6-18(10)2/h7,10H,3-6,8,13H2,1-2H3,(H2,14,15,16,17). The zero-order valence-electron chi connectivity index (χ0n) is 11.1. The van der Waals surface area contributed by atoms with Crippen molar-refractivity contribution in [3.63, 3.8) is 0 Å². The normalized spacial score (nSPS) is 20.7. The van der Waals surface area contributed by atoms with E-state index in [0.29, 0.717) is 12.0 Å². The molecule has 1 fully saturated rings. The molecule has 4 N–H and O–H groups in total. The van der Waals surface area contributed by atoms with Crippen LogP contribution in [0.3, 0.4) is 0 Å². The van der Waals surface area contributed by atoms with Crippen molar-refractivity contribution >= 4 is 11.8 Å². The number of likely N-dealkylation sites (N-methyl/N-ethyl adjacent to an activating group) is 1. The van der Waals surface area contributed by atoms with Crippen LogP contribution in [0, 0.1) is 6.92 Å². The van der Waals surface area contributed by atoms with Crippen LogP contribution in [0.5, 0.6) is 0 Å². The lowest BCUT2D eigenvalue weighted by Gasteiger charge is -2.32. The van der Waals surface area contributed by atoms with E-state index in [4.69, 9.17) is 5.84 Å². The summed E-state index contributed by atoms with van der Waals surface area (Å²) in [6.07, 6.45) is 3.87. The van der Waals surface area contributed by atoms with Gasteiger partial charge in [0.1, 0.15) is 5.82 Å². The lowest BCUT2D eigenvalue weighted by atomic mass is 10.0. The molecule has 2 heterocycles. The monoisotopic (exact) mass is 250 g/mol. The molecule has 1 aliphatic rings. The fraction of sp³-hybridized carbons (Fsp3) is 0.667. The quantitative estimate of drug-likeness (QED) is 0.546. The Morgan fingerprint density at radius 3 is 3.00 bits per heavy atom. The lowest BCUT2D eigenvalue weighted by molar-refractivity contribution is 0.194. The second-order valence-corrected chi connectivity index (χ2v) is 4.87. The Hall–Kier alpha value is -1.40. The van der Waals surface area contributed by atoms with Gasteiger partial charge < -0.3 is 10.2 Å². The average molecular weight is 250 g/mol. The Morgan fingerprint density at radius 2 is 2.28 bits per heavy atom. The van der Waals surface area contributed by atoms with Gasteiger partial charge in [-0.3, -0.25) is 5.43 Å². The number of nitrogen functional groups attached to an aromatic ring is 1. The van der Waals surface area contributed by atoms with Crippen LogP contribution >= 0.6 is 0 Å². The van der Waals surface area contributed by atoms with Gasteiger partial charge in [0.05, 0.1) is 0 Å². The molecule has 0 spiro atoms. The van der Waals surface area contributed by atoms with Gasteiger partial charge in [-0.1, -0.05) is 6.42 Å². The smallest absolute Gasteiger partial charge is 0.239 e. The number of rotatable bonds is 4. The van der Waals surface area contributed by atoms with Gasteiger partial charge in [-0.05, 0) is 33.4 Å². The minimum Gasteiger partial charge on any atom is -0.368 e. The Bertz CT molecular complexity index is 394. The molecule has 100 valence electrons. The number of hydrogen-bond acceptors (Lipinski definition) is 6. The molecular formula is C12H22N6. The third kappa shape index (κ3) is 3.30. The van der Waals surface area contributed by atoms with Gasteiger partial charge in [0.25, 0.3) is 0 Å². The Morgan fingerprint density at radius 1 is 1.44 bits per heavy atom. The molecule has 1 atom stereocenters. The van der Waals surface area contributed by atoms with Gasteiger partial charge in [-0.15, -0.1) is 0 Å². The summed E-state index contributed by atoms with van der Waals surface area (Å²) in [5, 5.41) is 3.37. The number of aromatic nitrogens is 2. The van der Waals surface area contributed by atoms with Gasteiger partial charge >= 0.3 is 0 Å². The number of nitrogens with two attached hydrogens (primary N) is 1. The van der Waals surface area contributed by atoms with E-state index in [0.717, 1.165) is 18.1 Å². The van der Waals surface area contributed by atoms with E-state index in [1.54, 1.807) is 0 Å². The second-order valence-electron chi connectivity index (χ2n) is 4.87. The van der Waals surface area contributed by atoms with E-state index in [1.807, 2.05) is 13.0 Å². The van der Waals surface area contributed by atoms with Crippen LogP contribution in [-0.2, 0) is 0 Å². The molecule has 1 aliphatic heterocycles. The second kappa shape index (κ2) is 5.97. The number of hydrogen-bond donors (Lipinski definition) is 3. The molecule has 18 heavy (non-hydrogen) atoms. The van der Waals surface area contributed by atoms with Gasteiger partial charge in [0.15, 0.2) is 0 Å². The van der Waals surface area contributed by atoms with E-state index in [9.17, 15) is 0 Å². The van der Waals surface area contributed by atoms with Crippen LogP contribution < -0.4 is 16.6 Å². The Kier molecular flexibility index (Phi) is 4.33. The van der Waals surface area contributed by atoms with Crippen LogP contribution in [0.25, 0.3) is 0 Å². The number of aryl methyl sites for hydroxylation is 1. The highest BCUT2D eigenvalue weighted by Crippen LogP contribution is 2.16. The molecule has 0 amide bonds. The third-order valence-electron chi connectivity index (χ3n) is 3.42. The molecule has 0 aromatic carbocycles. The van der Waals surface area contributed by atoms with Crippen molar-refractivity contribution in [1.29, 1.82) is 0 Å². The summed E-state index contributed by atoms with van der Waals surface area (Å²) in [7, 11) is 2.18. The summed E-state index contributed by atoms with van der Waals surface area (Å²) in [5.41, 5.74) is 3.38. The minimum atomic E-state index is 0.453. The first kappa shape index (κ1) is 13.0. The topological polar surface area (TPSA) is 79.1 Å². The van der Waals surface area contributed by atoms with E-state index >= 15 is 0 Å². The van der Waals surface area contributed by atoms with Crippen molar-refractivity contribution < 1.29 is 0 Å². The van der Waals surface area contributed by atoms with E-state index in [-0.39, 0.29) is 0 Å². The Labute approximate surface area is 108 Å². The maximum absolute atomic E-state index is 5.34. The van der Waals surface area contributed by atoms with Crippen LogP contribution in [0.4, 0.5) is 11.8 Å². The van der Waals surface area contributed by atoms with Crippen molar-refractivity contribution in [2.24, 2.45) is 5.84 Å². The van der Waals surface area contributed by atoms with Crippen molar-refractivity contribution in [2.45, 2.75) is 32.2 Å². The molecule has 6 heteroatoms. The van der Waals surface area contributed by atoms with Crippen LogP contribution in [0.2, 0.25) is 0 Å². The average Bonchev–Trinajstić information content (AvgIpc) is 2.37. The highest BCUT2D eigenvalue weighted by molar-refractivity contribution is 5.41. The summed E-state index contributed by atoms with van der Waals surface area (Å²) < 4.78 is 0. The first-order chi connectivity index (χ1) is 8.69. The zero-order chi connectivity index (χ0) is 13.0. The molecule has 2 rings (SSSR count). The zero-order valence-corrected chi connectivity index (χ0v) is 11.1.